The van der Waals surface area contributed by atoms with E-state index in [1.54, 1.807) is 29.2 Å². The van der Waals surface area contributed by atoms with Crippen molar-refractivity contribution in [3.05, 3.63) is 72.3 Å². The van der Waals surface area contributed by atoms with Gasteiger partial charge in [0.15, 0.2) is 9.84 Å². The van der Waals surface area contributed by atoms with Crippen LogP contribution in [-0.2, 0) is 21.1 Å². The molecule has 6 heteroatoms. The van der Waals surface area contributed by atoms with Gasteiger partial charge in [0, 0.05) is 19.5 Å². The molecular weight excluding hydrogens is 386 g/mol. The Hall–Kier alpha value is -2.86. The lowest BCUT2D eigenvalue weighted by atomic mass is 10.0. The van der Waals surface area contributed by atoms with Crippen LogP contribution in [0.5, 0.6) is 5.75 Å². The molecular formula is C23H23NO4S. The summed E-state index contributed by atoms with van der Waals surface area (Å²) in [6, 6.07) is 20.6. The number of hydrogen-bond acceptors (Lipinski definition) is 4. The molecule has 1 amide bonds. The van der Waals surface area contributed by atoms with Crippen molar-refractivity contribution in [1.82, 2.24) is 4.90 Å². The first-order valence-corrected chi connectivity index (χ1v) is 11.2. The molecule has 3 aromatic rings. The van der Waals surface area contributed by atoms with Crippen molar-refractivity contribution in [2.45, 2.75) is 23.0 Å². The zero-order valence-corrected chi connectivity index (χ0v) is 17.1. The van der Waals surface area contributed by atoms with Gasteiger partial charge in [-0.3, -0.25) is 4.79 Å². The molecule has 5 nitrogen and oxygen atoms in total. The third kappa shape index (κ3) is 3.85. The maximum absolute atomic E-state index is 12.7. The number of likely N-dealkylation sites (tertiary alicyclic amines) is 1. The van der Waals surface area contributed by atoms with Gasteiger partial charge in [0.1, 0.15) is 11.0 Å². The summed E-state index contributed by atoms with van der Waals surface area (Å²) in [5.74, 6) is 0.613. The molecule has 0 unspecified atom stereocenters. The van der Waals surface area contributed by atoms with Gasteiger partial charge in [-0.05, 0) is 47.0 Å². The number of carbonyl (C=O) groups is 1. The Bertz CT molecular complexity index is 1130. The van der Waals surface area contributed by atoms with Crippen molar-refractivity contribution < 1.29 is 17.9 Å². The zero-order valence-electron chi connectivity index (χ0n) is 16.2. The Morgan fingerprint density at radius 1 is 1.00 bits per heavy atom. The van der Waals surface area contributed by atoms with Crippen molar-refractivity contribution in [3.63, 3.8) is 0 Å². The molecule has 4 rings (SSSR count). The maximum Gasteiger partial charge on any atom is 0.222 e. The number of rotatable bonds is 6. The topological polar surface area (TPSA) is 63.7 Å². The number of amides is 1. The monoisotopic (exact) mass is 409 g/mol. The Kier molecular flexibility index (Phi) is 5.28. The SMILES string of the molecule is COc1ccc(S(=O)(=O)C2CN(C(=O)CCc3cccc4ccccc34)C2)cc1. The third-order valence-electron chi connectivity index (χ3n) is 5.52. The van der Waals surface area contributed by atoms with Gasteiger partial charge in [0.25, 0.3) is 0 Å². The maximum atomic E-state index is 12.7. The summed E-state index contributed by atoms with van der Waals surface area (Å²) >= 11 is 0. The van der Waals surface area contributed by atoms with Crippen LogP contribution in [0.15, 0.2) is 71.6 Å². The predicted molar refractivity (Wildman–Crippen MR) is 113 cm³/mol. The molecule has 1 aliphatic rings. The van der Waals surface area contributed by atoms with Gasteiger partial charge in [0.2, 0.25) is 5.91 Å². The predicted octanol–water partition coefficient (Wildman–Crippen LogP) is 3.47. The summed E-state index contributed by atoms with van der Waals surface area (Å²) < 4.78 is 30.5. The van der Waals surface area contributed by atoms with Gasteiger partial charge >= 0.3 is 0 Å². The smallest absolute Gasteiger partial charge is 0.222 e. The fraction of sp³-hybridized carbons (Fsp3) is 0.261. The first-order valence-electron chi connectivity index (χ1n) is 9.61. The van der Waals surface area contributed by atoms with Crippen molar-refractivity contribution in [2.24, 2.45) is 0 Å². The van der Waals surface area contributed by atoms with E-state index >= 15 is 0 Å². The molecule has 150 valence electrons. The third-order valence-corrected chi connectivity index (χ3v) is 7.62. The second-order valence-electron chi connectivity index (χ2n) is 7.28. The molecule has 0 aromatic heterocycles. The summed E-state index contributed by atoms with van der Waals surface area (Å²) in [5, 5.41) is 1.77. The number of carbonyl (C=O) groups excluding carboxylic acids is 1. The molecule has 1 fully saturated rings. The number of methoxy groups -OCH3 is 1. The van der Waals surface area contributed by atoms with Crippen LogP contribution in [0.2, 0.25) is 0 Å². The van der Waals surface area contributed by atoms with Gasteiger partial charge < -0.3 is 9.64 Å². The highest BCUT2D eigenvalue weighted by Gasteiger charge is 2.40. The molecule has 3 aromatic carbocycles. The average molecular weight is 410 g/mol. The van der Waals surface area contributed by atoms with E-state index in [1.165, 1.54) is 7.11 Å². The molecule has 0 bridgehead atoms. The summed E-state index contributed by atoms with van der Waals surface area (Å²) in [5.41, 5.74) is 1.14. The van der Waals surface area contributed by atoms with Crippen molar-refractivity contribution in [1.29, 1.82) is 0 Å². The fourth-order valence-electron chi connectivity index (χ4n) is 3.71. The first kappa shape index (κ1) is 19.5. The minimum atomic E-state index is -3.44. The molecule has 1 saturated heterocycles. The molecule has 1 aliphatic heterocycles. The van der Waals surface area contributed by atoms with E-state index in [0.717, 1.165) is 16.3 Å². The lowest BCUT2D eigenvalue weighted by Gasteiger charge is -2.38. The summed E-state index contributed by atoms with van der Waals surface area (Å²) in [6.07, 6.45) is 1.02. The normalized spacial score (nSPS) is 14.6. The van der Waals surface area contributed by atoms with Crippen LogP contribution >= 0.6 is 0 Å². The van der Waals surface area contributed by atoms with Crippen molar-refractivity contribution in [2.75, 3.05) is 20.2 Å². The van der Waals surface area contributed by atoms with E-state index in [4.69, 9.17) is 4.74 Å². The van der Waals surface area contributed by atoms with E-state index in [1.807, 2.05) is 24.3 Å². The average Bonchev–Trinajstić information content (AvgIpc) is 2.71. The summed E-state index contributed by atoms with van der Waals surface area (Å²) in [4.78, 5) is 14.4. The van der Waals surface area contributed by atoms with Gasteiger partial charge in [0.05, 0.1) is 12.0 Å². The molecule has 0 N–H and O–H groups in total. The van der Waals surface area contributed by atoms with Crippen LogP contribution in [0.3, 0.4) is 0 Å². The quantitative estimate of drug-likeness (QED) is 0.625. The first-order chi connectivity index (χ1) is 14.0. The standard InChI is InChI=1S/C23H23NO4S/c1-28-19-10-12-20(13-11-19)29(26,27)21-15-24(16-21)23(25)14-9-18-7-4-6-17-5-2-3-8-22(17)18/h2-8,10-13,21H,9,14-16H2,1H3. The largest absolute Gasteiger partial charge is 0.497 e. The lowest BCUT2D eigenvalue weighted by Crippen LogP contribution is -2.56. The van der Waals surface area contributed by atoms with Crippen molar-refractivity contribution >= 4 is 26.5 Å². The molecule has 0 aliphatic carbocycles. The van der Waals surface area contributed by atoms with Crippen LogP contribution in [-0.4, -0.2) is 44.7 Å². The molecule has 0 saturated carbocycles. The fourth-order valence-corrected chi connectivity index (χ4v) is 5.36. The van der Waals surface area contributed by atoms with Gasteiger partial charge in [-0.1, -0.05) is 42.5 Å². The Balaban J connectivity index is 1.36. The number of hydrogen-bond donors (Lipinski definition) is 0. The van der Waals surface area contributed by atoms with Crippen LogP contribution in [0.1, 0.15) is 12.0 Å². The minimum absolute atomic E-state index is 0.000819. The molecule has 29 heavy (non-hydrogen) atoms. The number of benzene rings is 3. The highest BCUT2D eigenvalue weighted by Crippen LogP contribution is 2.26. The second kappa shape index (κ2) is 7.87. The van der Waals surface area contributed by atoms with Gasteiger partial charge in [-0.2, -0.15) is 0 Å². The summed E-state index contributed by atoms with van der Waals surface area (Å²) in [7, 11) is -1.90. The highest BCUT2D eigenvalue weighted by atomic mass is 32.2. The zero-order chi connectivity index (χ0) is 20.4. The number of aryl methyl sites for hydroxylation is 1. The Labute approximate surface area is 170 Å². The summed E-state index contributed by atoms with van der Waals surface area (Å²) in [6.45, 7) is 0.505. The highest BCUT2D eigenvalue weighted by molar-refractivity contribution is 7.92. The number of sulfone groups is 1. The second-order valence-corrected chi connectivity index (χ2v) is 9.51. The minimum Gasteiger partial charge on any atom is -0.497 e. The molecule has 1 heterocycles. The van der Waals surface area contributed by atoms with Crippen LogP contribution in [0, 0.1) is 0 Å². The van der Waals surface area contributed by atoms with E-state index in [2.05, 4.69) is 18.2 Å². The van der Waals surface area contributed by atoms with E-state index < -0.39 is 15.1 Å². The van der Waals surface area contributed by atoms with Gasteiger partial charge in [-0.15, -0.1) is 0 Å². The van der Waals surface area contributed by atoms with E-state index in [-0.39, 0.29) is 23.9 Å². The molecule has 0 spiro atoms. The Morgan fingerprint density at radius 3 is 2.41 bits per heavy atom. The lowest BCUT2D eigenvalue weighted by molar-refractivity contribution is -0.134. The number of nitrogens with zero attached hydrogens (tertiary/aromatic N) is 1. The molecule has 0 atom stereocenters. The van der Waals surface area contributed by atoms with Crippen LogP contribution < -0.4 is 4.74 Å². The van der Waals surface area contributed by atoms with Crippen molar-refractivity contribution in [3.8, 4) is 5.75 Å². The van der Waals surface area contributed by atoms with Crippen LogP contribution in [0.25, 0.3) is 10.8 Å². The van der Waals surface area contributed by atoms with Gasteiger partial charge in [-0.25, -0.2) is 8.42 Å². The molecule has 0 radical (unpaired) electrons. The van der Waals surface area contributed by atoms with E-state index in [0.29, 0.717) is 18.6 Å². The van der Waals surface area contributed by atoms with Crippen LogP contribution in [0.4, 0.5) is 0 Å². The Morgan fingerprint density at radius 2 is 1.69 bits per heavy atom. The number of ether oxygens (including phenoxy) is 1. The number of fused-ring (bicyclic) bond motifs is 1. The van der Waals surface area contributed by atoms with E-state index in [9.17, 15) is 13.2 Å².